The number of carbonyl (C=O) groups is 1. The van der Waals surface area contributed by atoms with E-state index in [4.69, 9.17) is 4.74 Å². The van der Waals surface area contributed by atoms with Crippen molar-refractivity contribution in [1.29, 1.82) is 0 Å². The molecule has 0 atom stereocenters. The molecule has 5 heteroatoms. The van der Waals surface area contributed by atoms with Crippen molar-refractivity contribution in [2.75, 3.05) is 0 Å². The normalized spacial score (nSPS) is 11.1. The van der Waals surface area contributed by atoms with E-state index < -0.39 is 11.6 Å². The molecule has 0 N–H and O–H groups in total. The van der Waals surface area contributed by atoms with Gasteiger partial charge in [-0.25, -0.2) is 14.8 Å². The van der Waals surface area contributed by atoms with Crippen LogP contribution in [0.15, 0.2) is 12.4 Å². The summed E-state index contributed by atoms with van der Waals surface area (Å²) in [4.78, 5) is 19.3. The first kappa shape index (κ1) is 11.4. The SMILES string of the molecule is CC(C)(C)OC(=O)c1cnc(I)cn1. The number of nitrogens with zero attached hydrogens (tertiary/aromatic N) is 2. The van der Waals surface area contributed by atoms with Crippen LogP contribution in [0, 0.1) is 3.70 Å². The first-order valence-electron chi connectivity index (χ1n) is 4.09. The van der Waals surface area contributed by atoms with Gasteiger partial charge in [-0.1, -0.05) is 0 Å². The third-order valence-corrected chi connectivity index (χ3v) is 1.79. The number of hydrogen-bond donors (Lipinski definition) is 0. The number of halogens is 1. The largest absolute Gasteiger partial charge is 0.455 e. The Morgan fingerprint density at radius 3 is 2.43 bits per heavy atom. The van der Waals surface area contributed by atoms with Gasteiger partial charge < -0.3 is 4.74 Å². The molecule has 0 aliphatic heterocycles. The fraction of sp³-hybridized carbons (Fsp3) is 0.444. The topological polar surface area (TPSA) is 52.1 Å². The number of ether oxygens (including phenoxy) is 1. The summed E-state index contributed by atoms with van der Waals surface area (Å²) in [5.74, 6) is -0.443. The Hall–Kier alpha value is -0.720. The van der Waals surface area contributed by atoms with Gasteiger partial charge in [0.05, 0.1) is 12.4 Å². The van der Waals surface area contributed by atoms with E-state index in [2.05, 4.69) is 9.97 Å². The fourth-order valence-electron chi connectivity index (χ4n) is 0.748. The minimum atomic E-state index is -0.498. The van der Waals surface area contributed by atoms with Crippen LogP contribution in [0.5, 0.6) is 0 Å². The van der Waals surface area contributed by atoms with Crippen molar-refractivity contribution in [1.82, 2.24) is 9.97 Å². The summed E-state index contributed by atoms with van der Waals surface area (Å²) in [5, 5.41) is 0. The molecule has 0 bridgehead atoms. The van der Waals surface area contributed by atoms with E-state index in [0.717, 1.165) is 3.70 Å². The second-order valence-electron chi connectivity index (χ2n) is 3.73. The zero-order chi connectivity index (χ0) is 10.8. The zero-order valence-corrected chi connectivity index (χ0v) is 10.4. The monoisotopic (exact) mass is 306 g/mol. The summed E-state index contributed by atoms with van der Waals surface area (Å²) in [6, 6.07) is 0. The van der Waals surface area contributed by atoms with Crippen LogP contribution in [-0.4, -0.2) is 21.5 Å². The van der Waals surface area contributed by atoms with E-state index in [1.165, 1.54) is 12.4 Å². The van der Waals surface area contributed by atoms with Gasteiger partial charge in [-0.2, -0.15) is 0 Å². The maximum absolute atomic E-state index is 11.4. The molecule has 0 fully saturated rings. The molecule has 4 nitrogen and oxygen atoms in total. The third-order valence-electron chi connectivity index (χ3n) is 1.23. The van der Waals surface area contributed by atoms with Crippen molar-refractivity contribution in [3.8, 4) is 0 Å². The average molecular weight is 306 g/mol. The minimum absolute atomic E-state index is 0.236. The lowest BCUT2D eigenvalue weighted by atomic mass is 10.2. The van der Waals surface area contributed by atoms with Crippen LogP contribution in [0.1, 0.15) is 31.3 Å². The summed E-state index contributed by atoms with van der Waals surface area (Å²) in [5.41, 5.74) is -0.262. The van der Waals surface area contributed by atoms with Gasteiger partial charge in [-0.15, -0.1) is 0 Å². The van der Waals surface area contributed by atoms with Crippen molar-refractivity contribution < 1.29 is 9.53 Å². The lowest BCUT2D eigenvalue weighted by Crippen LogP contribution is -2.24. The Labute approximate surface area is 96.2 Å². The predicted molar refractivity (Wildman–Crippen MR) is 59.9 cm³/mol. The van der Waals surface area contributed by atoms with Crippen molar-refractivity contribution in [2.45, 2.75) is 26.4 Å². The maximum atomic E-state index is 11.4. The van der Waals surface area contributed by atoms with Crippen LogP contribution in [0.3, 0.4) is 0 Å². The van der Waals surface area contributed by atoms with Crippen LogP contribution in [-0.2, 0) is 4.74 Å². The maximum Gasteiger partial charge on any atom is 0.359 e. The number of hydrogen-bond acceptors (Lipinski definition) is 4. The molecule has 1 heterocycles. The molecular weight excluding hydrogens is 295 g/mol. The van der Waals surface area contributed by atoms with Crippen LogP contribution in [0.4, 0.5) is 0 Å². The summed E-state index contributed by atoms with van der Waals surface area (Å²) in [6.45, 7) is 5.43. The smallest absolute Gasteiger partial charge is 0.359 e. The number of esters is 1. The van der Waals surface area contributed by atoms with Crippen LogP contribution in [0.25, 0.3) is 0 Å². The van der Waals surface area contributed by atoms with Crippen molar-refractivity contribution in [3.05, 3.63) is 21.8 Å². The predicted octanol–water partition coefficient (Wildman–Crippen LogP) is 2.04. The Balaban J connectivity index is 2.76. The van der Waals surface area contributed by atoms with Gasteiger partial charge in [-0.3, -0.25) is 0 Å². The summed E-state index contributed by atoms with van der Waals surface area (Å²) in [7, 11) is 0. The molecule has 0 saturated heterocycles. The van der Waals surface area contributed by atoms with Crippen molar-refractivity contribution >= 4 is 28.6 Å². The molecule has 0 spiro atoms. The van der Waals surface area contributed by atoms with Crippen molar-refractivity contribution in [2.24, 2.45) is 0 Å². The van der Waals surface area contributed by atoms with E-state index in [0.29, 0.717) is 0 Å². The Morgan fingerprint density at radius 2 is 2.00 bits per heavy atom. The van der Waals surface area contributed by atoms with Crippen molar-refractivity contribution in [3.63, 3.8) is 0 Å². The summed E-state index contributed by atoms with van der Waals surface area (Å²) >= 11 is 2.02. The Bertz CT molecular complexity index is 330. The molecule has 0 aromatic carbocycles. The first-order valence-corrected chi connectivity index (χ1v) is 5.17. The molecule has 0 unspecified atom stereocenters. The highest BCUT2D eigenvalue weighted by atomic mass is 127. The second-order valence-corrected chi connectivity index (χ2v) is 4.83. The summed E-state index contributed by atoms with van der Waals surface area (Å²) < 4.78 is 5.87. The third kappa shape index (κ3) is 3.57. The average Bonchev–Trinajstić information content (AvgIpc) is 2.02. The van der Waals surface area contributed by atoms with Gasteiger partial charge in [0.2, 0.25) is 0 Å². The molecule has 0 radical (unpaired) electrons. The molecule has 1 rings (SSSR count). The molecule has 0 aliphatic rings. The van der Waals surface area contributed by atoms with E-state index in [-0.39, 0.29) is 5.69 Å². The first-order chi connectivity index (χ1) is 6.38. The number of carbonyl (C=O) groups excluding carboxylic acids is 1. The van der Waals surface area contributed by atoms with Gasteiger partial charge in [-0.05, 0) is 43.4 Å². The molecule has 76 valence electrons. The number of rotatable bonds is 1. The van der Waals surface area contributed by atoms with E-state index in [1.807, 2.05) is 43.4 Å². The van der Waals surface area contributed by atoms with Gasteiger partial charge in [0.25, 0.3) is 0 Å². The van der Waals surface area contributed by atoms with Crippen LogP contribution >= 0.6 is 22.6 Å². The molecule has 0 amide bonds. The molecule has 1 aromatic heterocycles. The molecule has 0 saturated carbocycles. The molecule has 1 aromatic rings. The molecule has 0 aliphatic carbocycles. The minimum Gasteiger partial charge on any atom is -0.455 e. The molecule has 14 heavy (non-hydrogen) atoms. The van der Waals surface area contributed by atoms with Crippen LogP contribution in [0.2, 0.25) is 0 Å². The fourth-order valence-corrected chi connectivity index (χ4v) is 1.03. The lowest BCUT2D eigenvalue weighted by molar-refractivity contribution is 0.00623. The Morgan fingerprint density at radius 1 is 1.36 bits per heavy atom. The van der Waals surface area contributed by atoms with Gasteiger partial charge in [0.1, 0.15) is 9.30 Å². The Kier molecular flexibility index (Phi) is 3.41. The highest BCUT2D eigenvalue weighted by Crippen LogP contribution is 2.10. The quantitative estimate of drug-likeness (QED) is 0.588. The highest BCUT2D eigenvalue weighted by molar-refractivity contribution is 14.1. The van der Waals surface area contributed by atoms with Gasteiger partial charge >= 0.3 is 5.97 Å². The van der Waals surface area contributed by atoms with Gasteiger partial charge in [0.15, 0.2) is 5.69 Å². The highest BCUT2D eigenvalue weighted by Gasteiger charge is 2.18. The van der Waals surface area contributed by atoms with Gasteiger partial charge in [0, 0.05) is 0 Å². The zero-order valence-electron chi connectivity index (χ0n) is 8.24. The van der Waals surface area contributed by atoms with E-state index >= 15 is 0 Å². The lowest BCUT2D eigenvalue weighted by Gasteiger charge is -2.18. The standard InChI is InChI=1S/C9H11IN2O2/c1-9(2,3)14-8(13)6-4-12-7(10)5-11-6/h4-5H,1-3H3. The molecular formula is C9H11IN2O2. The number of aromatic nitrogens is 2. The second kappa shape index (κ2) is 4.20. The summed E-state index contributed by atoms with van der Waals surface area (Å²) in [6.07, 6.45) is 2.94. The van der Waals surface area contributed by atoms with E-state index in [9.17, 15) is 4.79 Å². The van der Waals surface area contributed by atoms with E-state index in [1.54, 1.807) is 0 Å². The van der Waals surface area contributed by atoms with Crippen LogP contribution < -0.4 is 0 Å².